The van der Waals surface area contributed by atoms with E-state index in [0.717, 1.165) is 5.56 Å². The monoisotopic (exact) mass is 269 g/mol. The van der Waals surface area contributed by atoms with Gasteiger partial charge in [0.05, 0.1) is 11.5 Å². The van der Waals surface area contributed by atoms with Crippen LogP contribution in [0.2, 0.25) is 0 Å². The number of aliphatic imine (C=N–C) groups is 1. The normalized spacial score (nSPS) is 12.2. The van der Waals surface area contributed by atoms with E-state index in [2.05, 4.69) is 15.6 Å². The lowest BCUT2D eigenvalue weighted by Gasteiger charge is -2.09. The molecule has 0 saturated carbocycles. The van der Waals surface area contributed by atoms with Crippen molar-refractivity contribution in [1.29, 1.82) is 0 Å². The molecule has 0 unspecified atom stereocenters. The van der Waals surface area contributed by atoms with Crippen LogP contribution < -0.4 is 10.6 Å². The van der Waals surface area contributed by atoms with E-state index in [4.69, 9.17) is 0 Å². The molecule has 0 radical (unpaired) electrons. The molecule has 0 heterocycles. The van der Waals surface area contributed by atoms with Crippen LogP contribution in [-0.4, -0.2) is 40.8 Å². The summed E-state index contributed by atoms with van der Waals surface area (Å²) in [5, 5.41) is 5.75. The minimum absolute atomic E-state index is 0.0771. The summed E-state index contributed by atoms with van der Waals surface area (Å²) in [6.45, 7) is 0.350. The van der Waals surface area contributed by atoms with E-state index in [9.17, 15) is 8.42 Å². The Morgan fingerprint density at radius 2 is 1.94 bits per heavy atom. The van der Waals surface area contributed by atoms with Crippen LogP contribution in [-0.2, 0) is 15.6 Å². The lowest BCUT2D eigenvalue weighted by atomic mass is 10.2. The minimum atomic E-state index is -3.09. The molecule has 0 saturated heterocycles. The third kappa shape index (κ3) is 5.18. The Bertz CT molecular complexity index is 483. The maximum atomic E-state index is 11.9. The summed E-state index contributed by atoms with van der Waals surface area (Å²) in [6, 6.07) is 9.18. The highest BCUT2D eigenvalue weighted by Crippen LogP contribution is 2.05. The third-order valence-electron chi connectivity index (χ3n) is 2.40. The first kappa shape index (κ1) is 14.5. The van der Waals surface area contributed by atoms with Crippen molar-refractivity contribution in [3.8, 4) is 0 Å². The molecule has 0 amide bonds. The van der Waals surface area contributed by atoms with Gasteiger partial charge in [0.15, 0.2) is 15.8 Å². The van der Waals surface area contributed by atoms with Crippen LogP contribution in [0.15, 0.2) is 35.3 Å². The SMILES string of the molecule is CN=C(NC)NCCS(=O)(=O)Cc1ccccc1. The van der Waals surface area contributed by atoms with E-state index in [0.29, 0.717) is 12.5 Å². The Morgan fingerprint density at radius 1 is 1.28 bits per heavy atom. The standard InChI is InChI=1S/C12H19N3O2S/c1-13-12(14-2)15-8-9-18(16,17)10-11-6-4-3-5-7-11/h3-7H,8-10H2,1-2H3,(H2,13,14,15). The van der Waals surface area contributed by atoms with Gasteiger partial charge in [0.25, 0.3) is 0 Å². The molecule has 0 aliphatic rings. The van der Waals surface area contributed by atoms with Crippen molar-refractivity contribution in [3.05, 3.63) is 35.9 Å². The highest BCUT2D eigenvalue weighted by molar-refractivity contribution is 7.90. The van der Waals surface area contributed by atoms with Crippen molar-refractivity contribution in [2.75, 3.05) is 26.4 Å². The number of guanidine groups is 1. The number of nitrogens with one attached hydrogen (secondary N) is 2. The Hall–Kier alpha value is -1.56. The molecule has 6 heteroatoms. The van der Waals surface area contributed by atoms with Crippen LogP contribution in [0, 0.1) is 0 Å². The summed E-state index contributed by atoms with van der Waals surface area (Å²) in [4.78, 5) is 3.91. The highest BCUT2D eigenvalue weighted by atomic mass is 32.2. The maximum Gasteiger partial charge on any atom is 0.190 e. The summed E-state index contributed by atoms with van der Waals surface area (Å²) in [5.74, 6) is 0.751. The van der Waals surface area contributed by atoms with Gasteiger partial charge in [-0.05, 0) is 5.56 Å². The van der Waals surface area contributed by atoms with Crippen molar-refractivity contribution < 1.29 is 8.42 Å². The molecular weight excluding hydrogens is 250 g/mol. The summed E-state index contributed by atoms with van der Waals surface area (Å²) in [6.07, 6.45) is 0. The number of nitrogens with zero attached hydrogens (tertiary/aromatic N) is 1. The van der Waals surface area contributed by atoms with Gasteiger partial charge in [-0.3, -0.25) is 4.99 Å². The number of sulfone groups is 1. The molecule has 0 aliphatic heterocycles. The molecular formula is C12H19N3O2S. The second-order valence-corrected chi connectivity index (χ2v) is 6.01. The van der Waals surface area contributed by atoms with E-state index in [-0.39, 0.29) is 11.5 Å². The molecule has 0 spiro atoms. The van der Waals surface area contributed by atoms with Crippen molar-refractivity contribution in [2.45, 2.75) is 5.75 Å². The number of rotatable bonds is 5. The van der Waals surface area contributed by atoms with E-state index < -0.39 is 9.84 Å². The molecule has 1 aromatic rings. The van der Waals surface area contributed by atoms with Gasteiger partial charge in [-0.1, -0.05) is 30.3 Å². The van der Waals surface area contributed by atoms with E-state index >= 15 is 0 Å². The van der Waals surface area contributed by atoms with Gasteiger partial charge in [-0.25, -0.2) is 8.42 Å². The zero-order valence-corrected chi connectivity index (χ0v) is 11.5. The smallest absolute Gasteiger partial charge is 0.190 e. The average molecular weight is 269 g/mol. The first-order valence-electron chi connectivity index (χ1n) is 5.70. The molecule has 18 heavy (non-hydrogen) atoms. The zero-order chi connectivity index (χ0) is 13.4. The van der Waals surface area contributed by atoms with Gasteiger partial charge >= 0.3 is 0 Å². The van der Waals surface area contributed by atoms with E-state index in [1.54, 1.807) is 14.1 Å². The van der Waals surface area contributed by atoms with Crippen molar-refractivity contribution >= 4 is 15.8 Å². The summed E-state index contributed by atoms with van der Waals surface area (Å²) < 4.78 is 23.7. The summed E-state index contributed by atoms with van der Waals surface area (Å²) >= 11 is 0. The quantitative estimate of drug-likeness (QED) is 0.599. The zero-order valence-electron chi connectivity index (χ0n) is 10.7. The van der Waals surface area contributed by atoms with Crippen LogP contribution in [0.25, 0.3) is 0 Å². The van der Waals surface area contributed by atoms with E-state index in [1.807, 2.05) is 30.3 Å². The maximum absolute atomic E-state index is 11.9. The molecule has 100 valence electrons. The molecule has 0 atom stereocenters. The predicted octanol–water partition coefficient (Wildman–Crippen LogP) is 0.396. The molecule has 0 bridgehead atoms. The van der Waals surface area contributed by atoms with Gasteiger partial charge in [0.2, 0.25) is 0 Å². The Morgan fingerprint density at radius 3 is 2.50 bits per heavy atom. The Labute approximate surface area is 108 Å². The lowest BCUT2D eigenvalue weighted by Crippen LogP contribution is -2.37. The molecule has 0 aromatic heterocycles. The van der Waals surface area contributed by atoms with Crippen LogP contribution in [0.4, 0.5) is 0 Å². The molecule has 0 aliphatic carbocycles. The molecule has 0 fully saturated rings. The predicted molar refractivity (Wildman–Crippen MR) is 74.4 cm³/mol. The van der Waals surface area contributed by atoms with Crippen LogP contribution in [0.3, 0.4) is 0 Å². The van der Waals surface area contributed by atoms with Crippen LogP contribution in [0.5, 0.6) is 0 Å². The van der Waals surface area contributed by atoms with Crippen LogP contribution >= 0.6 is 0 Å². The van der Waals surface area contributed by atoms with Crippen molar-refractivity contribution in [3.63, 3.8) is 0 Å². The average Bonchev–Trinajstić information content (AvgIpc) is 2.35. The van der Waals surface area contributed by atoms with Gasteiger partial charge in [-0.2, -0.15) is 0 Å². The number of hydrogen-bond donors (Lipinski definition) is 2. The summed E-state index contributed by atoms with van der Waals surface area (Å²) in [7, 11) is 0.274. The van der Waals surface area contributed by atoms with Crippen LogP contribution in [0.1, 0.15) is 5.56 Å². The number of benzene rings is 1. The fraction of sp³-hybridized carbons (Fsp3) is 0.417. The molecule has 2 N–H and O–H groups in total. The second-order valence-electron chi connectivity index (χ2n) is 3.83. The molecule has 1 aromatic carbocycles. The highest BCUT2D eigenvalue weighted by Gasteiger charge is 2.11. The van der Waals surface area contributed by atoms with Crippen molar-refractivity contribution in [2.24, 2.45) is 4.99 Å². The fourth-order valence-electron chi connectivity index (χ4n) is 1.50. The Kier molecular flexibility index (Phi) is 5.64. The second kappa shape index (κ2) is 7.00. The van der Waals surface area contributed by atoms with Gasteiger partial charge in [0.1, 0.15) is 0 Å². The first-order chi connectivity index (χ1) is 8.57. The lowest BCUT2D eigenvalue weighted by molar-refractivity contribution is 0.594. The van der Waals surface area contributed by atoms with E-state index in [1.165, 1.54) is 0 Å². The topological polar surface area (TPSA) is 70.6 Å². The molecule has 5 nitrogen and oxygen atoms in total. The van der Waals surface area contributed by atoms with Gasteiger partial charge in [-0.15, -0.1) is 0 Å². The van der Waals surface area contributed by atoms with Gasteiger partial charge < -0.3 is 10.6 Å². The van der Waals surface area contributed by atoms with Gasteiger partial charge in [0, 0.05) is 20.6 Å². The third-order valence-corrected chi connectivity index (χ3v) is 3.99. The number of hydrogen-bond acceptors (Lipinski definition) is 3. The van der Waals surface area contributed by atoms with Crippen molar-refractivity contribution in [1.82, 2.24) is 10.6 Å². The largest absolute Gasteiger partial charge is 0.359 e. The first-order valence-corrected chi connectivity index (χ1v) is 7.52. The molecule has 1 rings (SSSR count). The minimum Gasteiger partial charge on any atom is -0.359 e. The Balaban J connectivity index is 2.46. The summed E-state index contributed by atoms with van der Waals surface area (Å²) in [5.41, 5.74) is 0.815. The fourth-order valence-corrected chi connectivity index (χ4v) is 2.76.